The number of nitrogen functional groups attached to an aromatic ring is 1. The van der Waals surface area contributed by atoms with Crippen LogP contribution in [0.3, 0.4) is 0 Å². The van der Waals surface area contributed by atoms with E-state index in [4.69, 9.17) is 28.9 Å². The Bertz CT molecular complexity index is 1650. The first-order valence-corrected chi connectivity index (χ1v) is 12.5. The monoisotopic (exact) mass is 603 g/mol. The molecule has 5 aromatic heterocycles. The van der Waals surface area contributed by atoms with E-state index >= 15 is 0 Å². The number of nitrogens with one attached hydrogen (secondary N) is 1. The Labute approximate surface area is 241 Å². The van der Waals surface area contributed by atoms with Crippen LogP contribution in [0.1, 0.15) is 12.8 Å². The molecule has 3 N–H and O–H groups in total. The molecular formula is C22H23Cl2N13O4. The zero-order valence-corrected chi connectivity index (χ0v) is 23.2. The molecule has 0 aliphatic rings. The number of fused-ring (bicyclic) bond motifs is 1. The minimum absolute atomic E-state index is 0.0970. The number of nitrogens with zero attached hydrogens (tertiary/aromatic N) is 11. The lowest BCUT2D eigenvalue weighted by molar-refractivity contribution is -0.141. The summed E-state index contributed by atoms with van der Waals surface area (Å²) >= 11 is 11.5. The van der Waals surface area contributed by atoms with Gasteiger partial charge in [-0.1, -0.05) is 5.21 Å². The first kappa shape index (κ1) is 29.1. The van der Waals surface area contributed by atoms with E-state index in [1.54, 1.807) is 34.2 Å². The molecule has 5 rings (SSSR count). The molecule has 0 aromatic carbocycles. The fraction of sp³-hybridized carbons (Fsp3) is 0.273. The third kappa shape index (κ3) is 7.83. The molecule has 0 atom stereocenters. The van der Waals surface area contributed by atoms with E-state index in [1.807, 2.05) is 0 Å². The van der Waals surface area contributed by atoms with E-state index < -0.39 is 0 Å². The number of halogens is 2. The largest absolute Gasteiger partial charge is 0.469 e. The van der Waals surface area contributed by atoms with Crippen LogP contribution in [0.25, 0.3) is 16.9 Å². The number of nitrogens with two attached hydrogens (primary N) is 1. The Morgan fingerprint density at radius 2 is 1.54 bits per heavy atom. The van der Waals surface area contributed by atoms with Gasteiger partial charge >= 0.3 is 11.9 Å². The maximum absolute atomic E-state index is 11.1. The van der Waals surface area contributed by atoms with Crippen LogP contribution in [0.15, 0.2) is 37.2 Å². The zero-order chi connectivity index (χ0) is 29.4. The van der Waals surface area contributed by atoms with Crippen molar-refractivity contribution < 1.29 is 19.1 Å². The molecule has 0 fully saturated rings. The number of ether oxygens (including phenoxy) is 2. The first-order valence-electron chi connectivity index (χ1n) is 11.7. The number of aromatic nitrogens is 11. The van der Waals surface area contributed by atoms with Gasteiger partial charge in [-0.25, -0.2) is 9.97 Å². The average Bonchev–Trinajstić information content (AvgIpc) is 3.72. The summed E-state index contributed by atoms with van der Waals surface area (Å²) in [5.41, 5.74) is 8.46. The summed E-state index contributed by atoms with van der Waals surface area (Å²) in [5.74, 6) is -0.183. The van der Waals surface area contributed by atoms with Crippen molar-refractivity contribution in [2.75, 3.05) is 25.3 Å². The molecule has 5 aromatic rings. The first-order chi connectivity index (χ1) is 19.7. The van der Waals surface area contributed by atoms with Crippen molar-refractivity contribution >= 4 is 63.5 Å². The fourth-order valence-corrected chi connectivity index (χ4v) is 3.50. The van der Waals surface area contributed by atoms with Gasteiger partial charge < -0.3 is 20.5 Å². The number of carbonyl (C=O) groups is 2. The summed E-state index contributed by atoms with van der Waals surface area (Å²) in [5, 5.41) is 19.4. The van der Waals surface area contributed by atoms with Crippen molar-refractivity contribution in [3.8, 4) is 5.69 Å². The Hall–Kier alpha value is -4.90. The highest BCUT2D eigenvalue weighted by Gasteiger charge is 2.12. The average molecular weight is 604 g/mol. The third-order valence-electron chi connectivity index (χ3n) is 5.26. The highest BCUT2D eigenvalue weighted by molar-refractivity contribution is 6.28. The standard InChI is InChI=1S/C11H10ClN7O2.C11H13ClN6O2/c1-21-9(20)2-3-18-6-7(4-14-18)19-10-8(16-17-19)5-13-11(12)15-10;1-20-9(19)2-3-18-6-7(4-15-18)16-10-8(13)5-14-11(12)17-10/h4-6H,2-3H2,1H3;4-6H,2-3,13H2,1H3,(H,14,16,17). The molecule has 19 heteroatoms. The second-order valence-electron chi connectivity index (χ2n) is 8.02. The predicted octanol–water partition coefficient (Wildman–Crippen LogP) is 1.84. The van der Waals surface area contributed by atoms with Crippen LogP contribution in [0, 0.1) is 0 Å². The quantitative estimate of drug-likeness (QED) is 0.182. The van der Waals surface area contributed by atoms with Crippen molar-refractivity contribution in [3.63, 3.8) is 0 Å². The third-order valence-corrected chi connectivity index (χ3v) is 5.62. The Balaban J connectivity index is 0.000000189. The molecule has 0 spiro atoms. The van der Waals surface area contributed by atoms with E-state index in [2.05, 4.69) is 55.2 Å². The second kappa shape index (κ2) is 13.4. The topological polar surface area (TPSA) is 209 Å². The van der Waals surface area contributed by atoms with E-state index in [9.17, 15) is 9.59 Å². The van der Waals surface area contributed by atoms with Gasteiger partial charge in [-0.05, 0) is 23.2 Å². The molecule has 214 valence electrons. The van der Waals surface area contributed by atoms with E-state index in [0.717, 1.165) is 0 Å². The number of hydrogen-bond acceptors (Lipinski definition) is 14. The molecular weight excluding hydrogens is 581 g/mol. The smallest absolute Gasteiger partial charge is 0.307 e. The molecule has 0 amide bonds. The van der Waals surface area contributed by atoms with Gasteiger partial charge in [0.1, 0.15) is 5.69 Å². The number of hydrogen-bond donors (Lipinski definition) is 2. The van der Waals surface area contributed by atoms with Crippen LogP contribution >= 0.6 is 23.2 Å². The molecule has 0 aliphatic heterocycles. The SMILES string of the molecule is COC(=O)CCn1cc(-n2nnc3cnc(Cl)nc32)cn1.COC(=O)CCn1cc(Nc2nc(Cl)ncc2N)cn1. The number of methoxy groups -OCH3 is 2. The maximum atomic E-state index is 11.1. The highest BCUT2D eigenvalue weighted by atomic mass is 35.5. The van der Waals surface area contributed by atoms with Crippen LogP contribution in [0.2, 0.25) is 10.6 Å². The number of anilines is 3. The summed E-state index contributed by atoms with van der Waals surface area (Å²) in [6, 6.07) is 0. The second-order valence-corrected chi connectivity index (χ2v) is 8.70. The predicted molar refractivity (Wildman–Crippen MR) is 145 cm³/mol. The summed E-state index contributed by atoms with van der Waals surface area (Å²) in [4.78, 5) is 37.8. The van der Waals surface area contributed by atoms with Gasteiger partial charge in [0.05, 0.1) is 82.5 Å². The van der Waals surface area contributed by atoms with Crippen LogP contribution in [0.5, 0.6) is 0 Å². The van der Waals surface area contributed by atoms with Crippen molar-refractivity contribution in [1.82, 2.24) is 54.5 Å². The molecule has 0 saturated carbocycles. The number of rotatable bonds is 9. The molecule has 5 heterocycles. The van der Waals surface area contributed by atoms with E-state index in [1.165, 1.54) is 31.3 Å². The number of aryl methyl sites for hydroxylation is 2. The van der Waals surface area contributed by atoms with E-state index in [0.29, 0.717) is 47.1 Å². The van der Waals surface area contributed by atoms with Crippen molar-refractivity contribution in [2.24, 2.45) is 0 Å². The Morgan fingerprint density at radius 3 is 2.24 bits per heavy atom. The minimum Gasteiger partial charge on any atom is -0.469 e. The molecule has 0 unspecified atom stereocenters. The molecule has 41 heavy (non-hydrogen) atoms. The van der Waals surface area contributed by atoms with Gasteiger partial charge in [0.15, 0.2) is 17.0 Å². The highest BCUT2D eigenvalue weighted by Crippen LogP contribution is 2.21. The van der Waals surface area contributed by atoms with E-state index in [-0.39, 0.29) is 35.3 Å². The minimum atomic E-state index is -0.294. The zero-order valence-electron chi connectivity index (χ0n) is 21.7. The van der Waals surface area contributed by atoms with Gasteiger partial charge in [0, 0.05) is 6.20 Å². The fourth-order valence-electron chi connectivity index (χ4n) is 3.24. The lowest BCUT2D eigenvalue weighted by atomic mass is 10.4. The van der Waals surface area contributed by atoms with Crippen molar-refractivity contribution in [3.05, 3.63) is 47.7 Å². The van der Waals surface area contributed by atoms with Gasteiger partial charge in [-0.15, -0.1) is 5.10 Å². The van der Waals surface area contributed by atoms with Crippen LogP contribution in [0.4, 0.5) is 17.2 Å². The van der Waals surface area contributed by atoms with Gasteiger partial charge in [-0.2, -0.15) is 24.8 Å². The molecule has 0 aliphatic carbocycles. The van der Waals surface area contributed by atoms with Gasteiger partial charge in [0.25, 0.3) is 0 Å². The lowest BCUT2D eigenvalue weighted by Gasteiger charge is -2.05. The normalized spacial score (nSPS) is 10.6. The number of esters is 2. The summed E-state index contributed by atoms with van der Waals surface area (Å²) in [7, 11) is 2.70. The summed E-state index contributed by atoms with van der Waals surface area (Å²) in [6.45, 7) is 0.837. The van der Waals surface area contributed by atoms with Crippen LogP contribution < -0.4 is 11.1 Å². The molecule has 0 saturated heterocycles. The molecule has 0 bridgehead atoms. The van der Waals surface area contributed by atoms with Crippen molar-refractivity contribution in [2.45, 2.75) is 25.9 Å². The summed E-state index contributed by atoms with van der Waals surface area (Å²) < 4.78 is 13.9. The summed E-state index contributed by atoms with van der Waals surface area (Å²) in [6.07, 6.45) is 10.0. The van der Waals surface area contributed by atoms with Crippen LogP contribution in [-0.4, -0.2) is 80.6 Å². The molecule has 0 radical (unpaired) electrons. The Morgan fingerprint density at radius 1 is 0.902 bits per heavy atom. The molecule has 17 nitrogen and oxygen atoms in total. The maximum Gasteiger partial charge on any atom is 0.307 e. The van der Waals surface area contributed by atoms with Crippen molar-refractivity contribution in [1.29, 1.82) is 0 Å². The van der Waals surface area contributed by atoms with Gasteiger partial charge in [-0.3, -0.25) is 19.0 Å². The van der Waals surface area contributed by atoms with Crippen LogP contribution in [-0.2, 0) is 32.2 Å². The lowest BCUT2D eigenvalue weighted by Crippen LogP contribution is -2.07. The number of carbonyl (C=O) groups excluding carboxylic acids is 2. The van der Waals surface area contributed by atoms with Gasteiger partial charge in [0.2, 0.25) is 10.6 Å². The Kier molecular flexibility index (Phi) is 9.54.